The Morgan fingerprint density at radius 2 is 1.89 bits per heavy atom. The van der Waals surface area contributed by atoms with Crippen molar-refractivity contribution in [1.29, 1.82) is 0 Å². The zero-order valence-electron chi connectivity index (χ0n) is 19.8. The van der Waals surface area contributed by atoms with Crippen LogP contribution in [-0.4, -0.2) is 69.5 Å². The number of hydrogen-bond acceptors (Lipinski definition) is 9. The lowest BCUT2D eigenvalue weighted by molar-refractivity contribution is -0.126. The van der Waals surface area contributed by atoms with E-state index in [1.807, 2.05) is 12.1 Å². The molecular weight excluding hydrogens is 446 g/mol. The van der Waals surface area contributed by atoms with E-state index in [9.17, 15) is 9.59 Å². The highest BCUT2D eigenvalue weighted by atomic mass is 16.5. The van der Waals surface area contributed by atoms with Crippen molar-refractivity contribution in [2.45, 2.75) is 62.9 Å². The fraction of sp³-hybridized carbons (Fsp3) is 0.560. The van der Waals surface area contributed by atoms with Gasteiger partial charge in [0.05, 0.1) is 18.3 Å². The highest BCUT2D eigenvalue weighted by molar-refractivity contribution is 6.11. The number of fused-ring (bicyclic) bond motifs is 1. The molecular formula is C25H31N7O3. The molecule has 0 bridgehead atoms. The number of ether oxygens (including phenoxy) is 1. The minimum Gasteiger partial charge on any atom is -0.476 e. The third-order valence-electron chi connectivity index (χ3n) is 7.68. The van der Waals surface area contributed by atoms with E-state index in [1.54, 1.807) is 12.4 Å². The number of nitrogens with one attached hydrogen (secondary N) is 2. The number of aromatic nitrogens is 3. The quantitative estimate of drug-likeness (QED) is 0.580. The lowest BCUT2D eigenvalue weighted by Gasteiger charge is -2.38. The first-order valence-corrected chi connectivity index (χ1v) is 12.7. The summed E-state index contributed by atoms with van der Waals surface area (Å²) in [4.78, 5) is 43.4. The number of rotatable bonds is 7. The van der Waals surface area contributed by atoms with E-state index in [0.717, 1.165) is 62.4 Å². The summed E-state index contributed by atoms with van der Waals surface area (Å²) in [7, 11) is 0. The van der Waals surface area contributed by atoms with Crippen molar-refractivity contribution in [1.82, 2.24) is 25.2 Å². The van der Waals surface area contributed by atoms with Gasteiger partial charge in [-0.25, -0.2) is 9.97 Å². The number of imide groups is 1. The Hall–Kier alpha value is -3.27. The predicted octanol–water partition coefficient (Wildman–Crippen LogP) is 2.18. The zero-order valence-corrected chi connectivity index (χ0v) is 19.8. The Kier molecular flexibility index (Phi) is 5.75. The van der Waals surface area contributed by atoms with Gasteiger partial charge in [-0.15, -0.1) is 0 Å². The average Bonchev–Trinajstić information content (AvgIpc) is 3.63. The van der Waals surface area contributed by atoms with Gasteiger partial charge in [-0.05, 0) is 44.8 Å². The van der Waals surface area contributed by atoms with Crippen LogP contribution in [-0.2, 0) is 16.0 Å². The first-order valence-electron chi connectivity index (χ1n) is 12.7. The number of amides is 2. The van der Waals surface area contributed by atoms with Crippen molar-refractivity contribution < 1.29 is 14.3 Å². The van der Waals surface area contributed by atoms with Crippen molar-refractivity contribution >= 4 is 29.3 Å². The third-order valence-corrected chi connectivity index (χ3v) is 7.68. The molecule has 2 amide bonds. The lowest BCUT2D eigenvalue weighted by Crippen LogP contribution is -2.56. The van der Waals surface area contributed by atoms with Gasteiger partial charge < -0.3 is 15.0 Å². The lowest BCUT2D eigenvalue weighted by atomic mass is 9.91. The largest absolute Gasteiger partial charge is 0.476 e. The maximum absolute atomic E-state index is 12.9. The van der Waals surface area contributed by atoms with Gasteiger partial charge >= 0.3 is 0 Å². The number of nitrogens with zero attached hydrogens (tertiary/aromatic N) is 5. The molecule has 3 aliphatic heterocycles. The maximum atomic E-state index is 12.9. The molecule has 35 heavy (non-hydrogen) atoms. The summed E-state index contributed by atoms with van der Waals surface area (Å²) in [5.74, 6) is 1.36. The van der Waals surface area contributed by atoms with E-state index in [4.69, 9.17) is 9.72 Å². The van der Waals surface area contributed by atoms with Gasteiger partial charge in [0, 0.05) is 36.8 Å². The summed E-state index contributed by atoms with van der Waals surface area (Å²) in [6.07, 6.45) is 10.9. The second-order valence-electron chi connectivity index (χ2n) is 10.0. The standard InChI is InChI=1S/C25H31N7O3/c33-20-14-25(23(34)29-20)13-17-15-27-24(30-22(17)32(25)19-5-1-2-6-19)28-18-7-8-21(26-16-18)35-12-11-31-9-3-4-10-31/h7-8,15-16,19H,1-6,9-14H2,(H,27,28,30)(H,29,33,34). The summed E-state index contributed by atoms with van der Waals surface area (Å²) in [6, 6.07) is 3.94. The molecule has 1 saturated carbocycles. The summed E-state index contributed by atoms with van der Waals surface area (Å²) < 4.78 is 5.79. The first-order chi connectivity index (χ1) is 17.1. The highest BCUT2D eigenvalue weighted by Crippen LogP contribution is 2.46. The first kappa shape index (κ1) is 22.2. The van der Waals surface area contributed by atoms with Gasteiger partial charge in [-0.3, -0.25) is 19.8 Å². The maximum Gasteiger partial charge on any atom is 0.253 e. The zero-order chi connectivity index (χ0) is 23.8. The Morgan fingerprint density at radius 3 is 2.60 bits per heavy atom. The topological polar surface area (TPSA) is 113 Å². The van der Waals surface area contributed by atoms with Crippen molar-refractivity contribution in [3.8, 4) is 5.88 Å². The molecule has 0 aromatic carbocycles. The Morgan fingerprint density at radius 1 is 1.06 bits per heavy atom. The molecule has 2 saturated heterocycles. The molecule has 6 rings (SSSR count). The number of carbonyl (C=O) groups is 2. The Bertz CT molecular complexity index is 1110. The van der Waals surface area contributed by atoms with Crippen molar-refractivity contribution in [3.05, 3.63) is 30.1 Å². The van der Waals surface area contributed by atoms with Crippen LogP contribution in [0.1, 0.15) is 50.5 Å². The van der Waals surface area contributed by atoms with E-state index >= 15 is 0 Å². The molecule has 1 spiro atoms. The van der Waals surface area contributed by atoms with Gasteiger partial charge in [0.15, 0.2) is 0 Å². The molecule has 184 valence electrons. The molecule has 2 N–H and O–H groups in total. The van der Waals surface area contributed by atoms with E-state index in [1.165, 1.54) is 12.8 Å². The van der Waals surface area contributed by atoms with E-state index in [0.29, 0.717) is 24.9 Å². The van der Waals surface area contributed by atoms with E-state index in [-0.39, 0.29) is 24.3 Å². The summed E-state index contributed by atoms with van der Waals surface area (Å²) >= 11 is 0. The van der Waals surface area contributed by atoms with Crippen molar-refractivity contribution in [2.24, 2.45) is 0 Å². The SMILES string of the molecule is O=C1CC2(Cc3cnc(Nc4ccc(OCCN5CCCC5)nc4)nc3N2C2CCCC2)C(=O)N1. The fourth-order valence-corrected chi connectivity index (χ4v) is 6.00. The van der Waals surface area contributed by atoms with Crippen LogP contribution in [0.4, 0.5) is 17.5 Å². The molecule has 1 unspecified atom stereocenters. The van der Waals surface area contributed by atoms with Gasteiger partial charge in [0.2, 0.25) is 17.7 Å². The molecule has 10 heteroatoms. The van der Waals surface area contributed by atoms with Gasteiger partial charge in [0.25, 0.3) is 5.91 Å². The van der Waals surface area contributed by atoms with Crippen LogP contribution < -0.4 is 20.3 Å². The molecule has 1 atom stereocenters. The average molecular weight is 478 g/mol. The molecule has 2 aromatic rings. The second kappa shape index (κ2) is 9.07. The Labute approximate surface area is 204 Å². The molecule has 10 nitrogen and oxygen atoms in total. The van der Waals surface area contributed by atoms with E-state index in [2.05, 4.69) is 30.4 Å². The highest BCUT2D eigenvalue weighted by Gasteiger charge is 2.58. The molecule has 0 radical (unpaired) electrons. The Balaban J connectivity index is 1.17. The molecule has 2 aromatic heterocycles. The smallest absolute Gasteiger partial charge is 0.253 e. The molecule has 1 aliphatic carbocycles. The van der Waals surface area contributed by atoms with Crippen LogP contribution in [0.5, 0.6) is 5.88 Å². The number of hydrogen-bond donors (Lipinski definition) is 2. The molecule has 4 aliphatic rings. The van der Waals surface area contributed by atoms with Gasteiger partial charge in [-0.2, -0.15) is 4.98 Å². The summed E-state index contributed by atoms with van der Waals surface area (Å²) in [5, 5.41) is 5.75. The van der Waals surface area contributed by atoms with Gasteiger partial charge in [-0.1, -0.05) is 12.8 Å². The monoisotopic (exact) mass is 477 g/mol. The third kappa shape index (κ3) is 4.20. The number of carbonyl (C=O) groups excluding carboxylic acids is 2. The number of anilines is 3. The van der Waals surface area contributed by atoms with Crippen LogP contribution >= 0.6 is 0 Å². The molecule has 3 fully saturated rings. The van der Waals surface area contributed by atoms with Crippen LogP contribution in [0.25, 0.3) is 0 Å². The summed E-state index contributed by atoms with van der Waals surface area (Å²) in [5.41, 5.74) is 0.787. The minimum absolute atomic E-state index is 0.171. The van der Waals surface area contributed by atoms with Crippen LogP contribution in [0.3, 0.4) is 0 Å². The second-order valence-corrected chi connectivity index (χ2v) is 10.0. The minimum atomic E-state index is -0.878. The van der Waals surface area contributed by atoms with Crippen LogP contribution in [0.2, 0.25) is 0 Å². The fourth-order valence-electron chi connectivity index (χ4n) is 6.00. The normalized spacial score (nSPS) is 24.4. The predicted molar refractivity (Wildman–Crippen MR) is 130 cm³/mol. The number of likely N-dealkylation sites (tertiary alicyclic amines) is 1. The summed E-state index contributed by atoms with van der Waals surface area (Å²) in [6.45, 7) is 3.86. The van der Waals surface area contributed by atoms with Crippen LogP contribution in [0, 0.1) is 0 Å². The van der Waals surface area contributed by atoms with Crippen molar-refractivity contribution in [2.75, 3.05) is 36.5 Å². The molecule has 5 heterocycles. The van der Waals surface area contributed by atoms with Crippen molar-refractivity contribution in [3.63, 3.8) is 0 Å². The van der Waals surface area contributed by atoms with E-state index < -0.39 is 5.54 Å². The number of pyridine rings is 1. The van der Waals surface area contributed by atoms with Crippen LogP contribution in [0.15, 0.2) is 24.5 Å². The van der Waals surface area contributed by atoms with Gasteiger partial charge in [0.1, 0.15) is 18.0 Å².